The van der Waals surface area contributed by atoms with Gasteiger partial charge in [0, 0.05) is 36.7 Å². The summed E-state index contributed by atoms with van der Waals surface area (Å²) in [4.78, 5) is 15.0. The summed E-state index contributed by atoms with van der Waals surface area (Å²) >= 11 is 1.27. The molecule has 26 heavy (non-hydrogen) atoms. The van der Waals surface area contributed by atoms with Gasteiger partial charge < -0.3 is 5.32 Å². The third-order valence-electron chi connectivity index (χ3n) is 4.14. The number of sulfonamides is 1. The maximum Gasteiger partial charge on any atom is 0.252 e. The average Bonchev–Trinajstić information content (AvgIpc) is 3.05. The van der Waals surface area contributed by atoms with Crippen LogP contribution < -0.4 is 5.32 Å². The van der Waals surface area contributed by atoms with Crippen LogP contribution in [0.5, 0.6) is 0 Å². The van der Waals surface area contributed by atoms with E-state index in [-0.39, 0.29) is 18.3 Å². The summed E-state index contributed by atoms with van der Waals surface area (Å²) in [5.41, 5.74) is 0.533. The molecule has 0 unspecified atom stereocenters. The number of piperazine rings is 1. The Morgan fingerprint density at radius 3 is 2.35 bits per heavy atom. The van der Waals surface area contributed by atoms with Crippen molar-refractivity contribution in [2.24, 2.45) is 0 Å². The Labute approximate surface area is 156 Å². The topological polar surface area (TPSA) is 69.7 Å². The number of nitrogens with zero attached hydrogens (tertiary/aromatic N) is 2. The summed E-state index contributed by atoms with van der Waals surface area (Å²) in [6, 6.07) is 9.00. The molecule has 3 rings (SSSR count). The SMILES string of the molecule is Cc1ccc(S(=O)(=O)N2CCN(CC(=O)Nc3ccc(F)cc3)CC2)s1. The van der Waals surface area contributed by atoms with Gasteiger partial charge in [-0.25, -0.2) is 12.8 Å². The first-order valence-electron chi connectivity index (χ1n) is 8.19. The smallest absolute Gasteiger partial charge is 0.252 e. The van der Waals surface area contributed by atoms with Crippen molar-refractivity contribution in [3.8, 4) is 0 Å². The van der Waals surface area contributed by atoms with E-state index in [0.29, 0.717) is 36.1 Å². The van der Waals surface area contributed by atoms with E-state index in [1.165, 1.54) is 39.9 Å². The van der Waals surface area contributed by atoms with Crippen LogP contribution in [-0.4, -0.2) is 56.3 Å². The van der Waals surface area contributed by atoms with Gasteiger partial charge in [0.15, 0.2) is 0 Å². The van der Waals surface area contributed by atoms with Gasteiger partial charge in [0.25, 0.3) is 10.0 Å². The third-order valence-corrected chi connectivity index (χ3v) is 7.50. The summed E-state index contributed by atoms with van der Waals surface area (Å²) in [7, 11) is -3.46. The highest BCUT2D eigenvalue weighted by molar-refractivity contribution is 7.91. The quantitative estimate of drug-likeness (QED) is 0.839. The van der Waals surface area contributed by atoms with Gasteiger partial charge in [-0.05, 0) is 43.3 Å². The van der Waals surface area contributed by atoms with Crippen molar-refractivity contribution in [3.63, 3.8) is 0 Å². The summed E-state index contributed by atoms with van der Waals surface area (Å²) in [5.74, 6) is -0.567. The monoisotopic (exact) mass is 397 g/mol. The lowest BCUT2D eigenvalue weighted by molar-refractivity contribution is -0.117. The minimum Gasteiger partial charge on any atom is -0.325 e. The molecule has 2 aromatic rings. The predicted octanol–water partition coefficient (Wildman–Crippen LogP) is 2.14. The molecule has 1 aromatic carbocycles. The van der Waals surface area contributed by atoms with E-state index in [2.05, 4.69) is 5.32 Å². The number of benzene rings is 1. The maximum absolute atomic E-state index is 12.9. The number of rotatable bonds is 5. The highest BCUT2D eigenvalue weighted by Crippen LogP contribution is 2.25. The lowest BCUT2D eigenvalue weighted by Crippen LogP contribution is -2.50. The standard InChI is InChI=1S/C17H20FN3O3S2/c1-13-2-7-17(25-13)26(23,24)21-10-8-20(9-11-21)12-16(22)19-15-5-3-14(18)4-6-15/h2-7H,8-12H2,1H3,(H,19,22). The average molecular weight is 397 g/mol. The zero-order chi connectivity index (χ0) is 18.7. The number of carbonyl (C=O) groups is 1. The minimum atomic E-state index is -3.46. The Kier molecular flexibility index (Phi) is 5.71. The number of hydrogen-bond donors (Lipinski definition) is 1. The van der Waals surface area contributed by atoms with Gasteiger partial charge in [0.1, 0.15) is 10.0 Å². The molecule has 0 saturated carbocycles. The van der Waals surface area contributed by atoms with Crippen LogP contribution in [0.4, 0.5) is 10.1 Å². The molecule has 1 aliphatic rings. The lowest BCUT2D eigenvalue weighted by Gasteiger charge is -2.33. The maximum atomic E-state index is 12.9. The molecule has 0 bridgehead atoms. The molecule has 0 radical (unpaired) electrons. The van der Waals surface area contributed by atoms with Crippen LogP contribution in [0.1, 0.15) is 4.88 Å². The van der Waals surface area contributed by atoms with E-state index in [1.807, 2.05) is 11.8 Å². The number of hydrogen-bond acceptors (Lipinski definition) is 5. The van der Waals surface area contributed by atoms with Gasteiger partial charge in [-0.3, -0.25) is 9.69 Å². The Hall–Kier alpha value is -1.81. The molecule has 1 saturated heterocycles. The number of anilines is 1. The first-order valence-corrected chi connectivity index (χ1v) is 10.4. The molecule has 1 aromatic heterocycles. The highest BCUT2D eigenvalue weighted by atomic mass is 32.2. The molecule has 140 valence electrons. The molecule has 2 heterocycles. The largest absolute Gasteiger partial charge is 0.325 e. The van der Waals surface area contributed by atoms with Crippen molar-refractivity contribution in [3.05, 3.63) is 47.1 Å². The zero-order valence-corrected chi connectivity index (χ0v) is 15.9. The Morgan fingerprint density at radius 2 is 1.77 bits per heavy atom. The molecular formula is C17H20FN3O3S2. The van der Waals surface area contributed by atoms with Crippen molar-refractivity contribution < 1.29 is 17.6 Å². The van der Waals surface area contributed by atoms with Gasteiger partial charge in [0.05, 0.1) is 6.54 Å². The van der Waals surface area contributed by atoms with Gasteiger partial charge in [0.2, 0.25) is 5.91 Å². The summed E-state index contributed by atoms with van der Waals surface area (Å²) in [6.07, 6.45) is 0. The van der Waals surface area contributed by atoms with Crippen LogP contribution in [0.25, 0.3) is 0 Å². The van der Waals surface area contributed by atoms with Gasteiger partial charge >= 0.3 is 0 Å². The molecule has 1 amide bonds. The van der Waals surface area contributed by atoms with Crippen molar-refractivity contribution in [1.82, 2.24) is 9.21 Å². The molecule has 0 atom stereocenters. The van der Waals surface area contributed by atoms with E-state index in [0.717, 1.165) is 4.88 Å². The van der Waals surface area contributed by atoms with Crippen LogP contribution in [0.3, 0.4) is 0 Å². The molecule has 0 aliphatic carbocycles. The number of nitrogens with one attached hydrogen (secondary N) is 1. The van der Waals surface area contributed by atoms with Crippen LogP contribution in [0, 0.1) is 12.7 Å². The third kappa shape index (κ3) is 4.47. The second-order valence-corrected chi connectivity index (χ2v) is 9.55. The molecule has 1 fully saturated rings. The Balaban J connectivity index is 1.52. The van der Waals surface area contributed by atoms with Crippen molar-refractivity contribution in [2.45, 2.75) is 11.1 Å². The minimum absolute atomic E-state index is 0.170. The number of thiophene rings is 1. The summed E-state index contributed by atoms with van der Waals surface area (Å²) in [5, 5.41) is 2.71. The Morgan fingerprint density at radius 1 is 1.12 bits per heavy atom. The summed E-state index contributed by atoms with van der Waals surface area (Å²) < 4.78 is 39.9. The molecule has 1 N–H and O–H groups in total. The normalized spacial score (nSPS) is 16.5. The van der Waals surface area contributed by atoms with Gasteiger partial charge in [-0.1, -0.05) is 0 Å². The predicted molar refractivity (Wildman–Crippen MR) is 99.3 cm³/mol. The number of carbonyl (C=O) groups excluding carboxylic acids is 1. The van der Waals surface area contributed by atoms with Crippen LogP contribution in [0.2, 0.25) is 0 Å². The van der Waals surface area contributed by atoms with E-state index >= 15 is 0 Å². The molecule has 0 spiro atoms. The second-order valence-electron chi connectivity index (χ2n) is 6.10. The van der Waals surface area contributed by atoms with E-state index < -0.39 is 10.0 Å². The van der Waals surface area contributed by atoms with E-state index in [9.17, 15) is 17.6 Å². The van der Waals surface area contributed by atoms with E-state index in [4.69, 9.17) is 0 Å². The lowest BCUT2D eigenvalue weighted by atomic mass is 10.3. The van der Waals surface area contributed by atoms with E-state index in [1.54, 1.807) is 12.1 Å². The molecular weight excluding hydrogens is 377 g/mol. The fraction of sp³-hybridized carbons (Fsp3) is 0.353. The number of halogens is 1. The molecule has 1 aliphatic heterocycles. The molecule has 9 heteroatoms. The van der Waals surface area contributed by atoms with Crippen LogP contribution in [0.15, 0.2) is 40.6 Å². The fourth-order valence-electron chi connectivity index (χ4n) is 2.74. The van der Waals surface area contributed by atoms with Crippen LogP contribution >= 0.6 is 11.3 Å². The highest BCUT2D eigenvalue weighted by Gasteiger charge is 2.29. The second kappa shape index (κ2) is 7.83. The van der Waals surface area contributed by atoms with Gasteiger partial charge in [-0.2, -0.15) is 4.31 Å². The number of amides is 1. The van der Waals surface area contributed by atoms with Crippen molar-refractivity contribution in [1.29, 1.82) is 0 Å². The number of aryl methyl sites for hydroxylation is 1. The fourth-order valence-corrected chi connectivity index (χ4v) is 5.60. The first kappa shape index (κ1) is 19.0. The van der Waals surface area contributed by atoms with Gasteiger partial charge in [-0.15, -0.1) is 11.3 Å². The van der Waals surface area contributed by atoms with Crippen molar-refractivity contribution >= 4 is 33.0 Å². The molecule has 6 nitrogen and oxygen atoms in total. The van der Waals surface area contributed by atoms with Crippen LogP contribution in [-0.2, 0) is 14.8 Å². The Bertz CT molecular complexity index is 873. The zero-order valence-electron chi connectivity index (χ0n) is 14.3. The first-order chi connectivity index (χ1) is 12.3. The van der Waals surface area contributed by atoms with Crippen molar-refractivity contribution in [2.75, 3.05) is 38.0 Å². The summed E-state index contributed by atoms with van der Waals surface area (Å²) in [6.45, 7) is 3.72.